The fourth-order valence-corrected chi connectivity index (χ4v) is 3.81. The van der Waals surface area contributed by atoms with E-state index in [1.807, 2.05) is 42.5 Å². The average Bonchev–Trinajstić information content (AvgIpc) is 3.15. The van der Waals surface area contributed by atoms with Gasteiger partial charge in [0.2, 0.25) is 5.91 Å². The van der Waals surface area contributed by atoms with Crippen molar-refractivity contribution in [2.75, 3.05) is 11.1 Å². The van der Waals surface area contributed by atoms with Gasteiger partial charge in [0.15, 0.2) is 11.0 Å². The lowest BCUT2D eigenvalue weighted by Crippen LogP contribution is -2.24. The number of rotatable bonds is 7. The summed E-state index contributed by atoms with van der Waals surface area (Å²) >= 11 is 1.25. The van der Waals surface area contributed by atoms with Gasteiger partial charge in [0.25, 0.3) is 5.91 Å². The SMILES string of the molecule is Cn1c(CNC(=O)c2ccc(F)cc2)nnc1SCC(=O)Nc1ccc2ccccc2c1. The molecule has 0 aliphatic carbocycles. The Labute approximate surface area is 188 Å². The molecule has 0 saturated heterocycles. The van der Waals surface area contributed by atoms with Crippen molar-refractivity contribution in [1.29, 1.82) is 0 Å². The fraction of sp³-hybridized carbons (Fsp3) is 0.130. The van der Waals surface area contributed by atoms with Crippen LogP contribution < -0.4 is 10.6 Å². The lowest BCUT2D eigenvalue weighted by atomic mass is 10.1. The molecular formula is C23H20FN5O2S. The van der Waals surface area contributed by atoms with Gasteiger partial charge < -0.3 is 15.2 Å². The summed E-state index contributed by atoms with van der Waals surface area (Å²) in [7, 11) is 1.77. The zero-order chi connectivity index (χ0) is 22.5. The highest BCUT2D eigenvalue weighted by Gasteiger charge is 2.13. The van der Waals surface area contributed by atoms with Gasteiger partial charge in [-0.25, -0.2) is 4.39 Å². The molecule has 0 saturated carbocycles. The number of carbonyl (C=O) groups excluding carboxylic acids is 2. The summed E-state index contributed by atoms with van der Waals surface area (Å²) in [5.74, 6) is -0.184. The monoisotopic (exact) mass is 449 g/mol. The molecule has 0 bridgehead atoms. The van der Waals surface area contributed by atoms with E-state index >= 15 is 0 Å². The maximum absolute atomic E-state index is 13.0. The second kappa shape index (κ2) is 9.61. The summed E-state index contributed by atoms with van der Waals surface area (Å²) in [6.07, 6.45) is 0. The van der Waals surface area contributed by atoms with Crippen LogP contribution in [0.5, 0.6) is 0 Å². The number of anilines is 1. The van der Waals surface area contributed by atoms with E-state index in [4.69, 9.17) is 0 Å². The third-order valence-corrected chi connectivity index (χ3v) is 5.82. The number of aromatic nitrogens is 3. The molecule has 0 atom stereocenters. The molecule has 0 aliphatic heterocycles. The molecule has 162 valence electrons. The number of carbonyl (C=O) groups is 2. The summed E-state index contributed by atoms with van der Waals surface area (Å²) in [5, 5.41) is 16.5. The van der Waals surface area contributed by atoms with Crippen LogP contribution in [-0.2, 0) is 18.4 Å². The Kier molecular flexibility index (Phi) is 6.46. The quantitative estimate of drug-likeness (QED) is 0.420. The first-order chi connectivity index (χ1) is 15.5. The minimum Gasteiger partial charge on any atom is -0.345 e. The Balaban J connectivity index is 1.30. The van der Waals surface area contributed by atoms with E-state index in [0.717, 1.165) is 16.5 Å². The van der Waals surface area contributed by atoms with Crippen LogP contribution in [-0.4, -0.2) is 32.3 Å². The van der Waals surface area contributed by atoms with E-state index < -0.39 is 5.82 Å². The van der Waals surface area contributed by atoms with Crippen LogP contribution in [0.3, 0.4) is 0 Å². The van der Waals surface area contributed by atoms with Gasteiger partial charge in [0.05, 0.1) is 12.3 Å². The normalized spacial score (nSPS) is 10.8. The predicted molar refractivity (Wildman–Crippen MR) is 122 cm³/mol. The molecule has 32 heavy (non-hydrogen) atoms. The van der Waals surface area contributed by atoms with Crippen LogP contribution in [0.2, 0.25) is 0 Å². The molecule has 0 unspecified atom stereocenters. The summed E-state index contributed by atoms with van der Waals surface area (Å²) in [6.45, 7) is 0.156. The Hall–Kier alpha value is -3.72. The Bertz CT molecular complexity index is 1270. The smallest absolute Gasteiger partial charge is 0.251 e. The second-order valence-corrected chi connectivity index (χ2v) is 7.99. The molecule has 9 heteroatoms. The number of nitrogens with one attached hydrogen (secondary N) is 2. The number of amides is 2. The van der Waals surface area contributed by atoms with Crippen molar-refractivity contribution < 1.29 is 14.0 Å². The predicted octanol–water partition coefficient (Wildman–Crippen LogP) is 3.77. The molecule has 4 rings (SSSR count). The molecule has 0 aliphatic rings. The maximum atomic E-state index is 13.0. The highest BCUT2D eigenvalue weighted by Crippen LogP contribution is 2.20. The number of hydrogen-bond donors (Lipinski definition) is 2. The number of benzene rings is 3. The Morgan fingerprint density at radius 3 is 2.53 bits per heavy atom. The molecule has 0 radical (unpaired) electrons. The topological polar surface area (TPSA) is 88.9 Å². The highest BCUT2D eigenvalue weighted by atomic mass is 32.2. The van der Waals surface area contributed by atoms with E-state index in [1.54, 1.807) is 11.6 Å². The first kappa shape index (κ1) is 21.5. The lowest BCUT2D eigenvalue weighted by Gasteiger charge is -2.07. The highest BCUT2D eigenvalue weighted by molar-refractivity contribution is 7.99. The van der Waals surface area contributed by atoms with Crippen LogP contribution in [0, 0.1) is 5.82 Å². The van der Waals surface area contributed by atoms with Gasteiger partial charge in [-0.3, -0.25) is 9.59 Å². The molecular weight excluding hydrogens is 429 g/mol. The van der Waals surface area contributed by atoms with Crippen molar-refractivity contribution in [3.05, 3.63) is 83.9 Å². The molecule has 0 fully saturated rings. The third kappa shape index (κ3) is 5.12. The molecule has 2 N–H and O–H groups in total. The van der Waals surface area contributed by atoms with E-state index in [9.17, 15) is 14.0 Å². The minimum absolute atomic E-state index is 0.153. The van der Waals surface area contributed by atoms with Gasteiger partial charge in [-0.1, -0.05) is 42.1 Å². The molecule has 1 heterocycles. The van der Waals surface area contributed by atoms with E-state index in [0.29, 0.717) is 16.5 Å². The van der Waals surface area contributed by atoms with Crippen LogP contribution in [0.15, 0.2) is 71.9 Å². The minimum atomic E-state index is -0.402. The number of fused-ring (bicyclic) bond motifs is 1. The lowest BCUT2D eigenvalue weighted by molar-refractivity contribution is -0.113. The number of nitrogens with zero attached hydrogens (tertiary/aromatic N) is 3. The molecule has 4 aromatic rings. The van der Waals surface area contributed by atoms with Gasteiger partial charge in [0.1, 0.15) is 5.82 Å². The molecule has 3 aromatic carbocycles. The largest absolute Gasteiger partial charge is 0.345 e. The van der Waals surface area contributed by atoms with E-state index in [2.05, 4.69) is 20.8 Å². The average molecular weight is 450 g/mol. The summed E-state index contributed by atoms with van der Waals surface area (Å²) in [4.78, 5) is 24.5. The first-order valence-corrected chi connectivity index (χ1v) is 10.8. The van der Waals surface area contributed by atoms with Gasteiger partial charge in [0, 0.05) is 18.3 Å². The standard InChI is InChI=1S/C23H20FN5O2S/c1-29-20(13-25-22(31)16-6-9-18(24)10-7-16)27-28-23(29)32-14-21(30)26-19-11-8-15-4-2-3-5-17(15)12-19/h2-12H,13-14H2,1H3,(H,25,31)(H,26,30). The Morgan fingerprint density at radius 2 is 1.75 bits per heavy atom. The van der Waals surface area contributed by atoms with E-state index in [-0.39, 0.29) is 24.1 Å². The van der Waals surface area contributed by atoms with Crippen LogP contribution in [0.4, 0.5) is 10.1 Å². The Morgan fingerprint density at radius 1 is 1.00 bits per heavy atom. The number of hydrogen-bond acceptors (Lipinski definition) is 5. The molecule has 0 spiro atoms. The first-order valence-electron chi connectivity index (χ1n) is 9.83. The van der Waals surface area contributed by atoms with Gasteiger partial charge in [-0.15, -0.1) is 10.2 Å². The molecule has 1 aromatic heterocycles. The van der Waals surface area contributed by atoms with Crippen molar-refractivity contribution in [3.63, 3.8) is 0 Å². The van der Waals surface area contributed by atoms with Crippen molar-refractivity contribution in [3.8, 4) is 0 Å². The van der Waals surface area contributed by atoms with Crippen molar-refractivity contribution >= 4 is 40.0 Å². The third-order valence-electron chi connectivity index (χ3n) is 4.80. The number of halogens is 1. The van der Waals surface area contributed by atoms with Gasteiger partial charge in [-0.05, 0) is 47.2 Å². The van der Waals surface area contributed by atoms with Gasteiger partial charge >= 0.3 is 0 Å². The van der Waals surface area contributed by atoms with Crippen molar-refractivity contribution in [1.82, 2.24) is 20.1 Å². The zero-order valence-corrected chi connectivity index (χ0v) is 18.0. The van der Waals surface area contributed by atoms with Gasteiger partial charge in [-0.2, -0.15) is 0 Å². The summed E-state index contributed by atoms with van der Waals surface area (Å²) < 4.78 is 14.7. The second-order valence-electron chi connectivity index (χ2n) is 7.05. The van der Waals surface area contributed by atoms with Crippen LogP contribution in [0.1, 0.15) is 16.2 Å². The maximum Gasteiger partial charge on any atom is 0.251 e. The summed E-state index contributed by atoms with van der Waals surface area (Å²) in [5.41, 5.74) is 1.09. The zero-order valence-electron chi connectivity index (χ0n) is 17.2. The van der Waals surface area contributed by atoms with Crippen molar-refractivity contribution in [2.45, 2.75) is 11.7 Å². The molecule has 7 nitrogen and oxygen atoms in total. The van der Waals surface area contributed by atoms with Crippen LogP contribution >= 0.6 is 11.8 Å². The summed E-state index contributed by atoms with van der Waals surface area (Å²) in [6, 6.07) is 19.0. The number of thioether (sulfide) groups is 1. The fourth-order valence-electron chi connectivity index (χ4n) is 3.08. The van der Waals surface area contributed by atoms with E-state index in [1.165, 1.54) is 36.0 Å². The van der Waals surface area contributed by atoms with Crippen molar-refractivity contribution in [2.24, 2.45) is 7.05 Å². The molecule has 2 amide bonds. The van der Waals surface area contributed by atoms with Crippen LogP contribution in [0.25, 0.3) is 10.8 Å².